The minimum Gasteiger partial charge on any atom is -0.350 e. The van der Waals surface area contributed by atoms with Crippen molar-refractivity contribution in [3.05, 3.63) is 82.2 Å². The Hall–Kier alpha value is -3.88. The standard InChI is InChI=1S/C20H17FN6O2/c1-13-5-7-14(8-6-13)10-22-17(28)11-26-12-23-19-18(20(26)29)24-25-27(19)16-4-2-3-15(21)9-16/h2-9,12H,10-11H2,1H3,(H,22,28). The van der Waals surface area contributed by atoms with Gasteiger partial charge >= 0.3 is 0 Å². The third kappa shape index (κ3) is 3.88. The molecule has 0 spiro atoms. The van der Waals surface area contributed by atoms with Gasteiger partial charge in [0.2, 0.25) is 5.91 Å². The van der Waals surface area contributed by atoms with Gasteiger partial charge in [0, 0.05) is 6.54 Å². The molecule has 1 amide bonds. The molecule has 0 saturated carbocycles. The summed E-state index contributed by atoms with van der Waals surface area (Å²) in [5.41, 5.74) is 2.19. The lowest BCUT2D eigenvalue weighted by Crippen LogP contribution is -2.32. The minimum atomic E-state index is -0.497. The summed E-state index contributed by atoms with van der Waals surface area (Å²) in [5.74, 6) is -0.768. The molecule has 1 N–H and O–H groups in total. The van der Waals surface area contributed by atoms with E-state index in [4.69, 9.17) is 0 Å². The monoisotopic (exact) mass is 392 g/mol. The molecular formula is C20H17FN6O2. The highest BCUT2D eigenvalue weighted by Gasteiger charge is 2.15. The zero-order valence-electron chi connectivity index (χ0n) is 15.5. The number of hydrogen-bond donors (Lipinski definition) is 1. The fourth-order valence-corrected chi connectivity index (χ4v) is 2.86. The molecule has 29 heavy (non-hydrogen) atoms. The summed E-state index contributed by atoms with van der Waals surface area (Å²) in [5, 5.41) is 10.5. The zero-order chi connectivity index (χ0) is 20.4. The van der Waals surface area contributed by atoms with E-state index < -0.39 is 11.4 Å². The molecule has 0 saturated heterocycles. The number of fused-ring (bicyclic) bond motifs is 1. The van der Waals surface area contributed by atoms with E-state index in [1.807, 2.05) is 31.2 Å². The number of aromatic nitrogens is 5. The summed E-state index contributed by atoms with van der Waals surface area (Å²) in [4.78, 5) is 29.1. The smallest absolute Gasteiger partial charge is 0.284 e. The molecule has 4 aromatic rings. The Kier molecular flexibility index (Phi) is 4.86. The van der Waals surface area contributed by atoms with Gasteiger partial charge in [0.25, 0.3) is 5.56 Å². The van der Waals surface area contributed by atoms with E-state index in [-0.39, 0.29) is 23.6 Å². The third-order valence-electron chi connectivity index (χ3n) is 4.41. The molecule has 9 heteroatoms. The number of rotatable bonds is 5. The minimum absolute atomic E-state index is 0.00287. The number of carbonyl (C=O) groups is 1. The number of hydrogen-bond acceptors (Lipinski definition) is 5. The lowest BCUT2D eigenvalue weighted by Gasteiger charge is -2.07. The van der Waals surface area contributed by atoms with Crippen LogP contribution in [0.15, 0.2) is 59.7 Å². The Morgan fingerprint density at radius 1 is 1.17 bits per heavy atom. The van der Waals surface area contributed by atoms with Gasteiger partial charge in [0.05, 0.1) is 5.69 Å². The Morgan fingerprint density at radius 3 is 2.72 bits per heavy atom. The Labute approximate surface area is 164 Å². The van der Waals surface area contributed by atoms with E-state index in [2.05, 4.69) is 20.6 Å². The van der Waals surface area contributed by atoms with E-state index in [9.17, 15) is 14.0 Å². The first-order valence-electron chi connectivity index (χ1n) is 8.90. The number of nitrogens with one attached hydrogen (secondary N) is 1. The van der Waals surface area contributed by atoms with Crippen LogP contribution >= 0.6 is 0 Å². The molecule has 0 atom stereocenters. The van der Waals surface area contributed by atoms with E-state index >= 15 is 0 Å². The summed E-state index contributed by atoms with van der Waals surface area (Å²) in [6, 6.07) is 13.5. The SMILES string of the molecule is Cc1ccc(CNC(=O)Cn2cnc3c(nnn3-c3cccc(F)c3)c2=O)cc1. The van der Waals surface area contributed by atoms with Gasteiger partial charge in [0.15, 0.2) is 11.2 Å². The topological polar surface area (TPSA) is 94.7 Å². The van der Waals surface area contributed by atoms with Crippen LogP contribution in [0.3, 0.4) is 0 Å². The first-order chi connectivity index (χ1) is 14.0. The van der Waals surface area contributed by atoms with Gasteiger partial charge in [-0.25, -0.2) is 9.37 Å². The number of carbonyl (C=O) groups excluding carboxylic acids is 1. The van der Waals surface area contributed by atoms with Gasteiger partial charge in [-0.05, 0) is 30.7 Å². The van der Waals surface area contributed by atoms with Gasteiger partial charge in [-0.3, -0.25) is 14.2 Å². The Balaban J connectivity index is 1.53. The van der Waals surface area contributed by atoms with Crippen molar-refractivity contribution in [2.24, 2.45) is 0 Å². The summed E-state index contributed by atoms with van der Waals surface area (Å²) < 4.78 is 15.9. The Bertz CT molecular complexity index is 1250. The lowest BCUT2D eigenvalue weighted by atomic mass is 10.1. The average Bonchev–Trinajstić information content (AvgIpc) is 3.15. The third-order valence-corrected chi connectivity index (χ3v) is 4.41. The van der Waals surface area contributed by atoms with Crippen LogP contribution in [0.5, 0.6) is 0 Å². The quantitative estimate of drug-likeness (QED) is 0.558. The van der Waals surface area contributed by atoms with E-state index in [0.717, 1.165) is 15.7 Å². The van der Waals surface area contributed by atoms with Crippen LogP contribution < -0.4 is 10.9 Å². The van der Waals surface area contributed by atoms with Crippen molar-refractivity contribution in [2.45, 2.75) is 20.0 Å². The molecule has 2 aromatic heterocycles. The molecule has 146 valence electrons. The van der Waals surface area contributed by atoms with Crippen molar-refractivity contribution in [1.29, 1.82) is 0 Å². The molecule has 2 heterocycles. The van der Waals surface area contributed by atoms with Crippen molar-refractivity contribution < 1.29 is 9.18 Å². The van der Waals surface area contributed by atoms with Gasteiger partial charge in [-0.15, -0.1) is 5.10 Å². The normalized spacial score (nSPS) is 11.0. The summed E-state index contributed by atoms with van der Waals surface area (Å²) in [6.07, 6.45) is 1.26. The molecule has 0 bridgehead atoms. The second kappa shape index (κ2) is 7.63. The van der Waals surface area contributed by atoms with Gasteiger partial charge in [-0.2, -0.15) is 4.68 Å². The van der Waals surface area contributed by atoms with Crippen LogP contribution in [0.1, 0.15) is 11.1 Å². The lowest BCUT2D eigenvalue weighted by molar-refractivity contribution is -0.121. The molecule has 0 aliphatic rings. The van der Waals surface area contributed by atoms with Crippen molar-refractivity contribution in [3.63, 3.8) is 0 Å². The molecule has 2 aromatic carbocycles. The number of aryl methyl sites for hydroxylation is 1. The van der Waals surface area contributed by atoms with E-state index in [1.54, 1.807) is 6.07 Å². The van der Waals surface area contributed by atoms with Crippen LogP contribution in [0.4, 0.5) is 4.39 Å². The highest BCUT2D eigenvalue weighted by molar-refractivity contribution is 5.76. The number of nitrogens with zero attached hydrogens (tertiary/aromatic N) is 5. The molecule has 4 rings (SSSR count). The maximum absolute atomic E-state index is 13.5. The van der Waals surface area contributed by atoms with E-state index in [0.29, 0.717) is 12.2 Å². The maximum Gasteiger partial charge on any atom is 0.284 e. The van der Waals surface area contributed by atoms with Gasteiger partial charge in [-0.1, -0.05) is 41.1 Å². The highest BCUT2D eigenvalue weighted by Crippen LogP contribution is 2.12. The van der Waals surface area contributed by atoms with Crippen LogP contribution in [0, 0.1) is 12.7 Å². The highest BCUT2D eigenvalue weighted by atomic mass is 19.1. The van der Waals surface area contributed by atoms with Crippen molar-refractivity contribution in [1.82, 2.24) is 29.9 Å². The molecular weight excluding hydrogens is 375 g/mol. The fraction of sp³-hybridized carbons (Fsp3) is 0.150. The summed E-state index contributed by atoms with van der Waals surface area (Å²) in [6.45, 7) is 2.15. The molecule has 0 fully saturated rings. The summed E-state index contributed by atoms with van der Waals surface area (Å²) in [7, 11) is 0. The van der Waals surface area contributed by atoms with Crippen molar-refractivity contribution >= 4 is 17.1 Å². The van der Waals surface area contributed by atoms with Crippen molar-refractivity contribution in [2.75, 3.05) is 0 Å². The summed E-state index contributed by atoms with van der Waals surface area (Å²) >= 11 is 0. The fourth-order valence-electron chi connectivity index (χ4n) is 2.86. The first kappa shape index (κ1) is 18.5. The number of halogens is 1. The van der Waals surface area contributed by atoms with Crippen LogP contribution in [0.25, 0.3) is 16.9 Å². The van der Waals surface area contributed by atoms with Crippen LogP contribution in [-0.4, -0.2) is 30.5 Å². The Morgan fingerprint density at radius 2 is 1.97 bits per heavy atom. The second-order valence-electron chi connectivity index (χ2n) is 6.59. The molecule has 0 aliphatic heterocycles. The number of benzene rings is 2. The average molecular weight is 392 g/mol. The molecule has 0 unspecified atom stereocenters. The predicted octanol–water partition coefficient (Wildman–Crippen LogP) is 1.74. The van der Waals surface area contributed by atoms with Gasteiger partial charge < -0.3 is 5.32 Å². The van der Waals surface area contributed by atoms with Crippen LogP contribution in [-0.2, 0) is 17.9 Å². The van der Waals surface area contributed by atoms with Crippen LogP contribution in [0.2, 0.25) is 0 Å². The first-order valence-corrected chi connectivity index (χ1v) is 8.90. The zero-order valence-corrected chi connectivity index (χ0v) is 15.5. The maximum atomic E-state index is 13.5. The van der Waals surface area contributed by atoms with E-state index in [1.165, 1.54) is 29.2 Å². The molecule has 0 aliphatic carbocycles. The second-order valence-corrected chi connectivity index (χ2v) is 6.59. The molecule has 0 radical (unpaired) electrons. The largest absolute Gasteiger partial charge is 0.350 e. The van der Waals surface area contributed by atoms with Gasteiger partial charge in [0.1, 0.15) is 18.7 Å². The molecule has 8 nitrogen and oxygen atoms in total. The van der Waals surface area contributed by atoms with Crippen molar-refractivity contribution in [3.8, 4) is 5.69 Å². The predicted molar refractivity (Wildman–Crippen MR) is 104 cm³/mol. The number of amides is 1.